The van der Waals surface area contributed by atoms with E-state index in [1.165, 1.54) is 32.5 Å². The van der Waals surface area contributed by atoms with Crippen LogP contribution in [0.2, 0.25) is 0 Å². The minimum Gasteiger partial charge on any atom is -0.453 e. The molecule has 1 saturated carbocycles. The topological polar surface area (TPSA) is 192 Å². The van der Waals surface area contributed by atoms with Crippen LogP contribution in [0.15, 0.2) is 67.0 Å². The average molecular weight is 944 g/mol. The number of rotatable bonds is 12. The maximum atomic E-state index is 13.8. The zero-order chi connectivity index (χ0) is 48.3. The van der Waals surface area contributed by atoms with Crippen LogP contribution in [-0.4, -0.2) is 137 Å². The Kier molecular flexibility index (Phi) is 14.0. The van der Waals surface area contributed by atoms with Gasteiger partial charge < -0.3 is 49.4 Å². The Morgan fingerprint density at radius 3 is 2.37 bits per heavy atom. The third-order valence-corrected chi connectivity index (χ3v) is 13.7. The maximum Gasteiger partial charge on any atom is 0.573 e. The summed E-state index contributed by atoms with van der Waals surface area (Å²) < 4.78 is 55.6. The quantitative estimate of drug-likeness (QED) is 0.140. The Balaban J connectivity index is 0.918. The highest BCUT2D eigenvalue weighted by molar-refractivity contribution is 6.05. The molecule has 0 radical (unpaired) electrons. The van der Waals surface area contributed by atoms with Crippen LogP contribution < -0.4 is 20.3 Å². The normalized spacial score (nSPS) is 22.7. The molecule has 362 valence electrons. The molecule has 1 aliphatic carbocycles. The van der Waals surface area contributed by atoms with Gasteiger partial charge in [0.1, 0.15) is 36.1 Å². The number of H-pyrrole nitrogens is 1. The van der Waals surface area contributed by atoms with E-state index in [9.17, 15) is 37.1 Å². The highest BCUT2D eigenvalue weighted by Gasteiger charge is 2.49. The van der Waals surface area contributed by atoms with Gasteiger partial charge in [-0.15, -0.1) is 13.2 Å². The van der Waals surface area contributed by atoms with Crippen LogP contribution in [0.4, 0.5) is 29.5 Å². The van der Waals surface area contributed by atoms with E-state index >= 15 is 0 Å². The van der Waals surface area contributed by atoms with Crippen molar-refractivity contribution in [3.63, 3.8) is 0 Å². The first kappa shape index (κ1) is 47.8. The number of methoxy groups -OCH3 is 2. The van der Waals surface area contributed by atoms with Crippen molar-refractivity contribution in [2.45, 2.75) is 88.8 Å². The van der Waals surface area contributed by atoms with Crippen LogP contribution in [-0.2, 0) is 23.9 Å². The van der Waals surface area contributed by atoms with Gasteiger partial charge in [0.15, 0.2) is 0 Å². The third-order valence-electron chi connectivity index (χ3n) is 13.7. The number of imidazole rings is 1. The highest BCUT2D eigenvalue weighted by Crippen LogP contribution is 2.46. The number of fused-ring (bicyclic) bond motifs is 1. The number of hydrogen-bond donors (Lipinski definition) is 3. The molecule has 20 heteroatoms. The van der Waals surface area contributed by atoms with Crippen molar-refractivity contribution in [1.82, 2.24) is 35.0 Å². The van der Waals surface area contributed by atoms with Gasteiger partial charge in [0.2, 0.25) is 17.7 Å². The first-order valence-electron chi connectivity index (χ1n) is 22.9. The average Bonchev–Trinajstić information content (AvgIpc) is 4.08. The fourth-order valence-corrected chi connectivity index (χ4v) is 10.4. The third kappa shape index (κ3) is 10.1. The summed E-state index contributed by atoms with van der Waals surface area (Å²) in [5, 5.41) is 5.20. The van der Waals surface area contributed by atoms with Gasteiger partial charge in [0, 0.05) is 56.5 Å². The van der Waals surface area contributed by atoms with Gasteiger partial charge in [0.25, 0.3) is 5.91 Å². The van der Waals surface area contributed by atoms with Gasteiger partial charge in [-0.1, -0.05) is 37.1 Å². The number of piperazine rings is 1. The number of pyridine rings is 1. The van der Waals surface area contributed by atoms with Crippen molar-refractivity contribution in [2.75, 3.05) is 63.8 Å². The summed E-state index contributed by atoms with van der Waals surface area (Å²) in [7, 11) is 2.69. The number of alkyl halides is 3. The molecule has 3 N–H and O–H groups in total. The number of amides is 5. The molecule has 3 aliphatic heterocycles. The van der Waals surface area contributed by atoms with E-state index < -0.39 is 29.7 Å². The predicted molar refractivity (Wildman–Crippen MR) is 243 cm³/mol. The second-order valence-electron chi connectivity index (χ2n) is 18.0. The van der Waals surface area contributed by atoms with E-state index in [4.69, 9.17) is 4.74 Å². The van der Waals surface area contributed by atoms with Crippen molar-refractivity contribution in [3.8, 4) is 28.1 Å². The van der Waals surface area contributed by atoms with E-state index in [0.717, 1.165) is 44.6 Å². The zero-order valence-electron chi connectivity index (χ0n) is 38.4. The number of nitrogens with zero attached hydrogens (tertiary/aromatic N) is 6. The lowest BCUT2D eigenvalue weighted by Gasteiger charge is -2.44. The minimum atomic E-state index is -5.05. The first-order valence-corrected chi connectivity index (χ1v) is 22.9. The number of ether oxygens (including phenoxy) is 3. The van der Waals surface area contributed by atoms with Crippen molar-refractivity contribution in [2.24, 2.45) is 5.92 Å². The van der Waals surface area contributed by atoms with E-state index in [1.807, 2.05) is 23.6 Å². The molecule has 68 heavy (non-hydrogen) atoms. The lowest BCUT2D eigenvalue weighted by Crippen LogP contribution is -2.62. The van der Waals surface area contributed by atoms with Crippen LogP contribution in [0.25, 0.3) is 22.4 Å². The van der Waals surface area contributed by atoms with E-state index in [0.29, 0.717) is 72.7 Å². The number of aromatic amines is 1. The summed E-state index contributed by atoms with van der Waals surface area (Å²) in [5.74, 6) is -0.246. The molecule has 2 aromatic heterocycles. The van der Waals surface area contributed by atoms with Gasteiger partial charge in [-0.3, -0.25) is 19.2 Å². The Labute approximate surface area is 391 Å². The first-order chi connectivity index (χ1) is 32.6. The monoisotopic (exact) mass is 943 g/mol. The van der Waals surface area contributed by atoms with E-state index in [2.05, 4.69) is 35.1 Å². The molecule has 0 bridgehead atoms. The summed E-state index contributed by atoms with van der Waals surface area (Å²) in [4.78, 5) is 85.0. The number of alkyl carbamates (subject to hydrolysis) is 1. The number of benzene rings is 2. The molecule has 17 nitrogen and oxygen atoms in total. The smallest absolute Gasteiger partial charge is 0.453 e. The van der Waals surface area contributed by atoms with Crippen LogP contribution in [0.5, 0.6) is 5.75 Å². The number of halogens is 3. The summed E-state index contributed by atoms with van der Waals surface area (Å²) >= 11 is 0. The molecular formula is C48H56F3N9O8. The molecule has 5 heterocycles. The number of hydrogen-bond acceptors (Lipinski definition) is 11. The molecule has 2 aromatic carbocycles. The van der Waals surface area contributed by atoms with Crippen LogP contribution >= 0.6 is 0 Å². The highest BCUT2D eigenvalue weighted by atomic mass is 19.4. The molecule has 5 amide bonds. The molecule has 4 fully saturated rings. The van der Waals surface area contributed by atoms with E-state index in [1.54, 1.807) is 52.4 Å². The molecule has 4 aliphatic rings. The standard InChI is InChI=1S/C48H56F3N9O8/c1-29-27-57(45(64)47(2)18-7-19-59(47)42(62)28-66-3)20-21-58(29)40-17-15-34(24-52-40)55-44(63)33-14-16-35(39(23-33)68-48(49,50)51)30-10-12-31(13-11-30)36-25-53-43(56-36)38-22-32-8-5-6-9-37(32)60(38)41(61)26-54-46(65)67-4/h10-17,23-25,29,32,37-38H,5-9,18-22,26-28H2,1-4H3,(H,53,56)(H,54,65)(H,55,63)/t29-,32+,37+,38+,47+/m1/s1. The second kappa shape index (κ2) is 19.9. The van der Waals surface area contributed by atoms with E-state index in [-0.39, 0.29) is 60.1 Å². The number of likely N-dealkylation sites (tertiary alicyclic amines) is 2. The van der Waals surface area contributed by atoms with Crippen molar-refractivity contribution in [1.29, 1.82) is 0 Å². The molecule has 5 atom stereocenters. The maximum absolute atomic E-state index is 13.8. The molecular weight excluding hydrogens is 888 g/mol. The predicted octanol–water partition coefficient (Wildman–Crippen LogP) is 6.54. The summed E-state index contributed by atoms with van der Waals surface area (Å²) in [6, 6.07) is 13.6. The van der Waals surface area contributed by atoms with Crippen LogP contribution in [0.3, 0.4) is 0 Å². The Bertz CT molecular complexity index is 2500. The summed E-state index contributed by atoms with van der Waals surface area (Å²) in [5.41, 5.74) is 1.16. The minimum absolute atomic E-state index is 0.0339. The SMILES string of the molecule is COCC(=O)N1CCC[C@@]1(C)C(=O)N1CCN(c2ccc(NC(=O)c3ccc(-c4ccc(-c5cnc([C@@H]6C[C@@H]7CCCC[C@@H]7N6C(=O)CNC(=O)OC)[nH]5)cc4)c(OC(F)(F)F)c3)cn2)[C@H](C)C1. The van der Waals surface area contributed by atoms with Crippen LogP contribution in [0.1, 0.15) is 81.0 Å². The fraction of sp³-hybridized carbons (Fsp3) is 0.479. The molecule has 3 saturated heterocycles. The number of anilines is 2. The Morgan fingerprint density at radius 1 is 0.897 bits per heavy atom. The van der Waals surface area contributed by atoms with Gasteiger partial charge >= 0.3 is 12.5 Å². The lowest BCUT2D eigenvalue weighted by molar-refractivity contribution is -0.274. The Morgan fingerprint density at radius 2 is 1.66 bits per heavy atom. The molecule has 8 rings (SSSR count). The Hall–Kier alpha value is -6.70. The lowest BCUT2D eigenvalue weighted by atomic mass is 9.84. The summed E-state index contributed by atoms with van der Waals surface area (Å²) in [6.45, 7) is 5.33. The van der Waals surface area contributed by atoms with Gasteiger partial charge in [-0.2, -0.15) is 0 Å². The van der Waals surface area contributed by atoms with Gasteiger partial charge in [0.05, 0.1) is 36.9 Å². The van der Waals surface area contributed by atoms with Gasteiger partial charge in [-0.25, -0.2) is 14.8 Å². The number of carbonyl (C=O) groups excluding carboxylic acids is 5. The van der Waals surface area contributed by atoms with Crippen molar-refractivity contribution < 1.29 is 51.4 Å². The van der Waals surface area contributed by atoms with Gasteiger partial charge in [-0.05, 0) is 93.3 Å². The largest absolute Gasteiger partial charge is 0.573 e. The zero-order valence-corrected chi connectivity index (χ0v) is 38.4. The van der Waals surface area contributed by atoms with Crippen LogP contribution in [0, 0.1) is 5.92 Å². The number of nitrogens with one attached hydrogen (secondary N) is 3. The number of aromatic nitrogens is 3. The van der Waals surface area contributed by atoms with Crippen molar-refractivity contribution in [3.05, 3.63) is 78.4 Å². The number of carbonyl (C=O) groups is 5. The molecule has 4 aromatic rings. The fourth-order valence-electron chi connectivity index (χ4n) is 10.4. The molecule has 0 unspecified atom stereocenters. The van der Waals surface area contributed by atoms with Crippen molar-refractivity contribution >= 4 is 41.2 Å². The molecule has 0 spiro atoms. The second-order valence-corrected chi connectivity index (χ2v) is 18.0. The summed E-state index contributed by atoms with van der Waals surface area (Å²) in [6.07, 6.45) is 3.36.